The van der Waals surface area contributed by atoms with Crippen molar-refractivity contribution < 1.29 is 21.6 Å². The molecule has 1 rings (SSSR count). The second-order valence-electron chi connectivity index (χ2n) is 4.09. The van der Waals surface area contributed by atoms with Crippen molar-refractivity contribution in [2.75, 3.05) is 10.5 Å². The highest BCUT2D eigenvalue weighted by atomic mass is 32.2. The Morgan fingerprint density at radius 3 is 2.45 bits per heavy atom. The van der Waals surface area contributed by atoms with Crippen LogP contribution in [0.5, 0.6) is 0 Å². The van der Waals surface area contributed by atoms with E-state index >= 15 is 0 Å². The Hall–Kier alpha value is -1.77. The molecular weight excluding hydrogens is 295 g/mol. The summed E-state index contributed by atoms with van der Waals surface area (Å²) in [5.41, 5.74) is 3.23. The van der Waals surface area contributed by atoms with Gasteiger partial charge in [-0.15, -0.1) is 0 Å². The van der Waals surface area contributed by atoms with Gasteiger partial charge in [-0.3, -0.25) is 10.1 Å². The molecule has 0 aliphatic rings. The first-order valence-electron chi connectivity index (χ1n) is 5.63. The van der Waals surface area contributed by atoms with E-state index in [1.807, 2.05) is 0 Å². The zero-order valence-corrected chi connectivity index (χ0v) is 11.4. The van der Waals surface area contributed by atoms with Gasteiger partial charge >= 0.3 is 6.18 Å². The lowest BCUT2D eigenvalue weighted by Crippen LogP contribution is -2.20. The first-order chi connectivity index (χ1) is 9.07. The Labute approximate surface area is 114 Å². The molecule has 0 fully saturated rings. The van der Waals surface area contributed by atoms with Gasteiger partial charge < -0.3 is 5.73 Å². The maximum absolute atomic E-state index is 12.8. The maximum Gasteiger partial charge on any atom is 0.417 e. The van der Waals surface area contributed by atoms with E-state index in [9.17, 15) is 21.6 Å². The van der Waals surface area contributed by atoms with Crippen LogP contribution in [0.2, 0.25) is 0 Å². The molecule has 9 heteroatoms. The van der Waals surface area contributed by atoms with E-state index in [-0.39, 0.29) is 11.4 Å². The van der Waals surface area contributed by atoms with Crippen LogP contribution in [0.25, 0.3) is 0 Å². The molecule has 0 aliphatic carbocycles. The van der Waals surface area contributed by atoms with Crippen molar-refractivity contribution in [1.82, 2.24) is 0 Å². The molecule has 0 heterocycles. The lowest BCUT2D eigenvalue weighted by molar-refractivity contribution is -0.137. The molecule has 0 saturated heterocycles. The van der Waals surface area contributed by atoms with Crippen molar-refractivity contribution in [3.63, 3.8) is 0 Å². The van der Waals surface area contributed by atoms with Crippen LogP contribution < -0.4 is 10.5 Å². The number of halogens is 3. The van der Waals surface area contributed by atoms with E-state index < -0.39 is 33.2 Å². The molecule has 112 valence electrons. The lowest BCUT2D eigenvalue weighted by atomic mass is 10.1. The van der Waals surface area contributed by atoms with Crippen LogP contribution in [0, 0.1) is 5.41 Å². The minimum absolute atomic E-state index is 0.192. The monoisotopic (exact) mass is 309 g/mol. The Kier molecular flexibility index (Phi) is 4.64. The fourth-order valence-electron chi connectivity index (χ4n) is 1.58. The number of rotatable bonds is 5. The summed E-state index contributed by atoms with van der Waals surface area (Å²) < 4.78 is 63.6. The van der Waals surface area contributed by atoms with Gasteiger partial charge in [0.15, 0.2) is 0 Å². The number of benzene rings is 1. The minimum Gasteiger partial charge on any atom is -0.384 e. The van der Waals surface area contributed by atoms with E-state index in [1.54, 1.807) is 6.92 Å². The zero-order chi connectivity index (χ0) is 15.6. The van der Waals surface area contributed by atoms with Crippen molar-refractivity contribution in [1.29, 1.82) is 5.41 Å². The van der Waals surface area contributed by atoms with Gasteiger partial charge in [0.25, 0.3) is 0 Å². The summed E-state index contributed by atoms with van der Waals surface area (Å²) >= 11 is 0. The molecular formula is C11H14F3N3O2S. The van der Waals surface area contributed by atoms with E-state index in [0.717, 1.165) is 12.1 Å². The van der Waals surface area contributed by atoms with E-state index in [2.05, 4.69) is 4.72 Å². The normalized spacial score (nSPS) is 12.2. The van der Waals surface area contributed by atoms with Gasteiger partial charge in [0.2, 0.25) is 10.0 Å². The Morgan fingerprint density at radius 2 is 2.00 bits per heavy atom. The minimum atomic E-state index is -4.73. The number of sulfonamides is 1. The molecule has 20 heavy (non-hydrogen) atoms. The van der Waals surface area contributed by atoms with Crippen molar-refractivity contribution in [2.24, 2.45) is 5.73 Å². The van der Waals surface area contributed by atoms with Gasteiger partial charge in [-0.1, -0.05) is 6.92 Å². The lowest BCUT2D eigenvalue weighted by Gasteiger charge is -2.14. The fraction of sp³-hybridized carbons (Fsp3) is 0.364. The topological polar surface area (TPSA) is 96.0 Å². The van der Waals surface area contributed by atoms with Crippen molar-refractivity contribution >= 4 is 21.5 Å². The van der Waals surface area contributed by atoms with Crippen LogP contribution in [0.15, 0.2) is 18.2 Å². The highest BCUT2D eigenvalue weighted by Gasteiger charge is 2.34. The molecule has 5 nitrogen and oxygen atoms in total. The molecule has 0 spiro atoms. The predicted octanol–water partition coefficient (Wildman–Crippen LogP) is 2.14. The van der Waals surface area contributed by atoms with Crippen LogP contribution in [-0.2, 0) is 16.2 Å². The Morgan fingerprint density at radius 1 is 1.40 bits per heavy atom. The standard InChI is InChI=1S/C11H14F3N3O2S/c1-2-5-20(18,19)17-7-3-4-8(10(15)16)9(6-7)11(12,13)14/h3-4,6,17H,2,5H2,1H3,(H3,15,16). The number of nitrogen functional groups attached to an aromatic ring is 1. The van der Waals surface area contributed by atoms with Gasteiger partial charge in [0.1, 0.15) is 5.84 Å². The van der Waals surface area contributed by atoms with Crippen LogP contribution in [-0.4, -0.2) is 20.0 Å². The van der Waals surface area contributed by atoms with Gasteiger partial charge in [0, 0.05) is 11.3 Å². The smallest absolute Gasteiger partial charge is 0.384 e. The van der Waals surface area contributed by atoms with Crippen LogP contribution >= 0.6 is 0 Å². The largest absolute Gasteiger partial charge is 0.417 e. The second-order valence-corrected chi connectivity index (χ2v) is 5.93. The summed E-state index contributed by atoms with van der Waals surface area (Å²) in [4.78, 5) is 0. The highest BCUT2D eigenvalue weighted by molar-refractivity contribution is 7.92. The summed E-state index contributed by atoms with van der Waals surface area (Å²) in [5.74, 6) is -0.927. The number of amidine groups is 1. The molecule has 0 bridgehead atoms. The van der Waals surface area contributed by atoms with Crippen LogP contribution in [0.4, 0.5) is 18.9 Å². The number of anilines is 1. The van der Waals surface area contributed by atoms with Gasteiger partial charge in [-0.05, 0) is 24.6 Å². The van der Waals surface area contributed by atoms with Crippen molar-refractivity contribution in [3.8, 4) is 0 Å². The summed E-state index contributed by atoms with van der Waals surface area (Å²) in [7, 11) is -3.68. The molecule has 0 saturated carbocycles. The Balaban J connectivity index is 3.24. The zero-order valence-electron chi connectivity index (χ0n) is 10.6. The van der Waals surface area contributed by atoms with E-state index in [0.29, 0.717) is 12.5 Å². The number of nitrogens with one attached hydrogen (secondary N) is 2. The number of hydrogen-bond acceptors (Lipinski definition) is 3. The maximum atomic E-state index is 12.8. The summed E-state index contributed by atoms with van der Waals surface area (Å²) in [6.07, 6.45) is -4.39. The molecule has 1 aromatic carbocycles. The van der Waals surface area contributed by atoms with Gasteiger partial charge in [-0.25, -0.2) is 8.42 Å². The molecule has 0 atom stereocenters. The number of hydrogen-bond donors (Lipinski definition) is 3. The first-order valence-corrected chi connectivity index (χ1v) is 7.28. The third-order valence-electron chi connectivity index (χ3n) is 2.36. The van der Waals surface area contributed by atoms with E-state index in [1.165, 1.54) is 0 Å². The van der Waals surface area contributed by atoms with Crippen LogP contribution in [0.1, 0.15) is 24.5 Å². The van der Waals surface area contributed by atoms with Crippen molar-refractivity contribution in [3.05, 3.63) is 29.3 Å². The second kappa shape index (κ2) is 5.70. The highest BCUT2D eigenvalue weighted by Crippen LogP contribution is 2.33. The van der Waals surface area contributed by atoms with Gasteiger partial charge in [-0.2, -0.15) is 13.2 Å². The van der Waals surface area contributed by atoms with Gasteiger partial charge in [0.05, 0.1) is 11.3 Å². The fourth-order valence-corrected chi connectivity index (χ4v) is 2.70. The third-order valence-corrected chi connectivity index (χ3v) is 3.85. The predicted molar refractivity (Wildman–Crippen MR) is 70.2 cm³/mol. The Bertz CT molecular complexity index is 612. The molecule has 1 aromatic rings. The van der Waals surface area contributed by atoms with E-state index in [4.69, 9.17) is 11.1 Å². The third kappa shape index (κ3) is 4.12. The summed E-state index contributed by atoms with van der Waals surface area (Å²) in [5, 5.41) is 7.11. The van der Waals surface area contributed by atoms with Crippen molar-refractivity contribution in [2.45, 2.75) is 19.5 Å². The first kappa shape index (κ1) is 16.3. The molecule has 4 N–H and O–H groups in total. The molecule has 0 aliphatic heterocycles. The molecule has 0 amide bonds. The SMILES string of the molecule is CCCS(=O)(=O)Nc1ccc(C(=N)N)c(C(F)(F)F)c1. The average Bonchev–Trinajstić information content (AvgIpc) is 2.26. The molecule has 0 unspecified atom stereocenters. The van der Waals surface area contributed by atoms with Crippen LogP contribution in [0.3, 0.4) is 0 Å². The number of alkyl halides is 3. The summed E-state index contributed by atoms with van der Waals surface area (Å²) in [6.45, 7) is 1.64. The quantitative estimate of drug-likeness (QED) is 0.574. The number of nitrogens with two attached hydrogens (primary N) is 1. The average molecular weight is 309 g/mol. The molecule has 0 aromatic heterocycles. The summed E-state index contributed by atoms with van der Waals surface area (Å²) in [6, 6.07) is 2.73. The molecule has 0 radical (unpaired) electrons.